The molecule has 3 nitrogen and oxygen atoms in total. The van der Waals surface area contributed by atoms with E-state index in [0.717, 1.165) is 37.0 Å². The second-order valence-electron chi connectivity index (χ2n) is 4.47. The van der Waals surface area contributed by atoms with Crippen molar-refractivity contribution >= 4 is 0 Å². The Hall–Kier alpha value is -1.06. The van der Waals surface area contributed by atoms with Gasteiger partial charge in [0, 0.05) is 5.41 Å². The smallest absolute Gasteiger partial charge is 0.161 e. The standard InChI is InChI=1S/C13H18O3/c1-16-11-6-4-10(5-7-11)13(12(14)15)8-2-3-9-13/h4-7,12,14-15H,2-3,8-9H2,1H3. The van der Waals surface area contributed by atoms with Crippen LogP contribution < -0.4 is 4.74 Å². The van der Waals surface area contributed by atoms with Gasteiger partial charge in [-0.15, -0.1) is 0 Å². The Labute approximate surface area is 95.7 Å². The van der Waals surface area contributed by atoms with Crippen molar-refractivity contribution in [1.82, 2.24) is 0 Å². The van der Waals surface area contributed by atoms with Crippen molar-refractivity contribution in [2.75, 3.05) is 7.11 Å². The van der Waals surface area contributed by atoms with Crippen LogP contribution in [-0.2, 0) is 5.41 Å². The zero-order valence-electron chi connectivity index (χ0n) is 9.52. The zero-order valence-corrected chi connectivity index (χ0v) is 9.52. The Morgan fingerprint density at radius 1 is 1.12 bits per heavy atom. The molecule has 2 N–H and O–H groups in total. The maximum atomic E-state index is 9.61. The van der Waals surface area contributed by atoms with Gasteiger partial charge in [-0.05, 0) is 30.5 Å². The molecule has 1 saturated carbocycles. The predicted octanol–water partition coefficient (Wildman–Crippen LogP) is 1.82. The Morgan fingerprint density at radius 2 is 1.69 bits per heavy atom. The molecule has 0 aromatic heterocycles. The average Bonchev–Trinajstić information content (AvgIpc) is 2.79. The van der Waals surface area contributed by atoms with Crippen molar-refractivity contribution in [1.29, 1.82) is 0 Å². The molecule has 0 saturated heterocycles. The molecule has 0 aliphatic heterocycles. The second kappa shape index (κ2) is 4.44. The molecule has 0 spiro atoms. The first kappa shape index (κ1) is 11.4. The van der Waals surface area contributed by atoms with E-state index < -0.39 is 11.7 Å². The molecule has 0 unspecified atom stereocenters. The maximum Gasteiger partial charge on any atom is 0.161 e. The molecular formula is C13H18O3. The molecule has 0 atom stereocenters. The molecule has 0 bridgehead atoms. The summed E-state index contributed by atoms with van der Waals surface area (Å²) in [5.41, 5.74) is 0.535. The van der Waals surface area contributed by atoms with Crippen molar-refractivity contribution in [3.05, 3.63) is 29.8 Å². The highest BCUT2D eigenvalue weighted by atomic mass is 16.5. The minimum Gasteiger partial charge on any atom is -0.497 e. The van der Waals surface area contributed by atoms with Crippen LogP contribution in [0.25, 0.3) is 0 Å². The summed E-state index contributed by atoms with van der Waals surface area (Å²) in [6.07, 6.45) is 2.53. The molecular weight excluding hydrogens is 204 g/mol. The normalized spacial score (nSPS) is 19.0. The molecule has 1 aromatic carbocycles. The van der Waals surface area contributed by atoms with E-state index in [4.69, 9.17) is 4.74 Å². The van der Waals surface area contributed by atoms with Crippen molar-refractivity contribution in [2.45, 2.75) is 37.4 Å². The molecule has 1 aromatic rings. The van der Waals surface area contributed by atoms with E-state index in [1.165, 1.54) is 0 Å². The summed E-state index contributed by atoms with van der Waals surface area (Å²) in [7, 11) is 1.63. The van der Waals surface area contributed by atoms with Gasteiger partial charge < -0.3 is 14.9 Å². The highest BCUT2D eigenvalue weighted by Gasteiger charge is 2.41. The first-order valence-electron chi connectivity index (χ1n) is 5.70. The minimum absolute atomic E-state index is 0.466. The van der Waals surface area contributed by atoms with Crippen LogP contribution >= 0.6 is 0 Å². The minimum atomic E-state index is -1.27. The maximum absolute atomic E-state index is 9.61. The van der Waals surface area contributed by atoms with Gasteiger partial charge in [-0.1, -0.05) is 25.0 Å². The van der Waals surface area contributed by atoms with Crippen molar-refractivity contribution in [3.8, 4) is 5.75 Å². The Morgan fingerprint density at radius 3 is 2.12 bits per heavy atom. The highest BCUT2D eigenvalue weighted by Crippen LogP contribution is 2.43. The van der Waals surface area contributed by atoms with Crippen LogP contribution in [0.4, 0.5) is 0 Å². The molecule has 3 heteroatoms. The molecule has 1 aliphatic rings. The third-order valence-electron chi connectivity index (χ3n) is 3.65. The SMILES string of the molecule is COc1ccc(C2(C(O)O)CCCC2)cc1. The second-order valence-corrected chi connectivity index (χ2v) is 4.47. The quantitative estimate of drug-likeness (QED) is 0.767. The third kappa shape index (κ3) is 1.81. The molecule has 1 aliphatic carbocycles. The Bertz CT molecular complexity index is 337. The fourth-order valence-electron chi connectivity index (χ4n) is 2.62. The summed E-state index contributed by atoms with van der Waals surface area (Å²) in [6.45, 7) is 0. The van der Waals surface area contributed by atoms with Crippen molar-refractivity contribution in [2.24, 2.45) is 0 Å². The van der Waals surface area contributed by atoms with Gasteiger partial charge in [-0.2, -0.15) is 0 Å². The molecule has 0 heterocycles. The summed E-state index contributed by atoms with van der Waals surface area (Å²) in [4.78, 5) is 0. The molecule has 2 rings (SSSR count). The van der Waals surface area contributed by atoms with Crippen LogP contribution in [-0.4, -0.2) is 23.6 Å². The lowest BCUT2D eigenvalue weighted by atomic mass is 9.78. The van der Waals surface area contributed by atoms with Crippen LogP contribution in [0, 0.1) is 0 Å². The van der Waals surface area contributed by atoms with E-state index in [0.29, 0.717) is 0 Å². The molecule has 0 amide bonds. The van der Waals surface area contributed by atoms with Gasteiger partial charge in [0.1, 0.15) is 5.75 Å². The van der Waals surface area contributed by atoms with E-state index in [1.807, 2.05) is 24.3 Å². The monoisotopic (exact) mass is 222 g/mol. The molecule has 88 valence electrons. The summed E-state index contributed by atoms with van der Waals surface area (Å²) in [6, 6.07) is 7.61. The summed E-state index contributed by atoms with van der Waals surface area (Å²) in [5.74, 6) is 0.796. The number of aliphatic hydroxyl groups is 2. The van der Waals surface area contributed by atoms with Crippen molar-refractivity contribution in [3.63, 3.8) is 0 Å². The predicted molar refractivity (Wildman–Crippen MR) is 61.4 cm³/mol. The number of benzene rings is 1. The first-order valence-corrected chi connectivity index (χ1v) is 5.70. The van der Waals surface area contributed by atoms with Gasteiger partial charge in [0.25, 0.3) is 0 Å². The lowest BCUT2D eigenvalue weighted by molar-refractivity contribution is -0.0987. The number of hydrogen-bond donors (Lipinski definition) is 2. The fraction of sp³-hybridized carbons (Fsp3) is 0.538. The number of rotatable bonds is 3. The lowest BCUT2D eigenvalue weighted by Gasteiger charge is -2.31. The van der Waals surface area contributed by atoms with Crippen molar-refractivity contribution < 1.29 is 14.9 Å². The fourth-order valence-corrected chi connectivity index (χ4v) is 2.62. The largest absolute Gasteiger partial charge is 0.497 e. The number of methoxy groups -OCH3 is 1. The topological polar surface area (TPSA) is 49.7 Å². The lowest BCUT2D eigenvalue weighted by Crippen LogP contribution is -2.36. The number of aliphatic hydroxyl groups excluding tert-OH is 1. The summed E-state index contributed by atoms with van der Waals surface area (Å²) >= 11 is 0. The molecule has 1 fully saturated rings. The van der Waals surface area contributed by atoms with E-state index in [-0.39, 0.29) is 0 Å². The van der Waals surface area contributed by atoms with E-state index in [9.17, 15) is 10.2 Å². The van der Waals surface area contributed by atoms with E-state index >= 15 is 0 Å². The van der Waals surface area contributed by atoms with Crippen LogP contribution in [0.1, 0.15) is 31.2 Å². The van der Waals surface area contributed by atoms with Gasteiger partial charge in [-0.3, -0.25) is 0 Å². The van der Waals surface area contributed by atoms with Gasteiger partial charge in [-0.25, -0.2) is 0 Å². The zero-order chi connectivity index (χ0) is 11.6. The van der Waals surface area contributed by atoms with Crippen LogP contribution in [0.3, 0.4) is 0 Å². The Kier molecular flexibility index (Phi) is 3.17. The van der Waals surface area contributed by atoms with Gasteiger partial charge in [0.2, 0.25) is 0 Å². The van der Waals surface area contributed by atoms with Gasteiger partial charge in [0.05, 0.1) is 7.11 Å². The Balaban J connectivity index is 2.32. The summed E-state index contributed by atoms with van der Waals surface area (Å²) < 4.78 is 5.10. The molecule has 16 heavy (non-hydrogen) atoms. The van der Waals surface area contributed by atoms with E-state index in [1.54, 1.807) is 7.11 Å². The van der Waals surface area contributed by atoms with Crippen LogP contribution in [0.2, 0.25) is 0 Å². The third-order valence-corrected chi connectivity index (χ3v) is 3.65. The first-order chi connectivity index (χ1) is 7.69. The van der Waals surface area contributed by atoms with Crippen LogP contribution in [0.5, 0.6) is 5.75 Å². The average molecular weight is 222 g/mol. The van der Waals surface area contributed by atoms with Gasteiger partial charge in [0.15, 0.2) is 6.29 Å². The molecule has 0 radical (unpaired) electrons. The van der Waals surface area contributed by atoms with E-state index in [2.05, 4.69) is 0 Å². The number of ether oxygens (including phenoxy) is 1. The number of hydrogen-bond acceptors (Lipinski definition) is 3. The van der Waals surface area contributed by atoms with Gasteiger partial charge >= 0.3 is 0 Å². The van der Waals surface area contributed by atoms with Crippen LogP contribution in [0.15, 0.2) is 24.3 Å². The summed E-state index contributed by atoms with van der Waals surface area (Å²) in [5, 5.41) is 19.2. The highest BCUT2D eigenvalue weighted by molar-refractivity contribution is 5.33.